The van der Waals surface area contributed by atoms with Crippen molar-refractivity contribution in [3.8, 4) is 0 Å². The van der Waals surface area contributed by atoms with Gasteiger partial charge in [-0.15, -0.1) is 0 Å². The maximum Gasteiger partial charge on any atom is 0.314 e. The molecule has 2 aliphatic rings. The van der Waals surface area contributed by atoms with Gasteiger partial charge in [0.15, 0.2) is 0 Å². The second-order valence-corrected chi connectivity index (χ2v) is 6.86. The first kappa shape index (κ1) is 15.8. The van der Waals surface area contributed by atoms with Crippen molar-refractivity contribution < 1.29 is 9.59 Å². The number of hydrogen-bond donors (Lipinski definition) is 2. The molecule has 1 saturated heterocycles. The van der Waals surface area contributed by atoms with Crippen LogP contribution in [-0.2, 0) is 4.79 Å². The van der Waals surface area contributed by atoms with Gasteiger partial charge in [0.05, 0.1) is 12.0 Å². The molecule has 1 heterocycles. The number of rotatable bonds is 4. The van der Waals surface area contributed by atoms with Crippen LogP contribution >= 0.6 is 0 Å². The highest BCUT2D eigenvalue weighted by molar-refractivity contribution is 5.81. The van der Waals surface area contributed by atoms with E-state index < -0.39 is 6.03 Å². The Bertz CT molecular complexity index is 580. The quantitative estimate of drug-likeness (QED) is 0.895. The number of urea groups is 1. The molecule has 23 heavy (non-hydrogen) atoms. The van der Waals surface area contributed by atoms with E-state index in [1.807, 2.05) is 0 Å². The number of carbonyl (C=O) groups is 2. The van der Waals surface area contributed by atoms with Crippen molar-refractivity contribution in [1.29, 1.82) is 0 Å². The second kappa shape index (κ2) is 6.60. The van der Waals surface area contributed by atoms with E-state index in [0.29, 0.717) is 19.0 Å². The first-order valence-electron chi connectivity index (χ1n) is 8.46. The minimum Gasteiger partial charge on any atom is -0.351 e. The number of aryl methyl sites for hydroxylation is 1. The molecule has 2 fully saturated rings. The number of amides is 3. The van der Waals surface area contributed by atoms with Gasteiger partial charge < -0.3 is 16.0 Å². The minimum atomic E-state index is -0.431. The molecule has 0 aromatic heterocycles. The highest BCUT2D eigenvalue weighted by Gasteiger charge is 2.35. The van der Waals surface area contributed by atoms with Crippen molar-refractivity contribution in [2.24, 2.45) is 17.6 Å². The number of piperidine rings is 1. The standard InChI is InChI=1S/C18H25N3O2/c1-12-4-6-13(7-5-12)16(14-8-9-14)20-17(22)15-3-2-10-21(11-15)18(19)23/h4-7,14-16H,2-3,8-11H2,1H3,(H2,19,23)(H,20,22)/t15-,16+/m0/s1. The van der Waals surface area contributed by atoms with Crippen LogP contribution in [0.1, 0.15) is 42.9 Å². The molecular weight excluding hydrogens is 290 g/mol. The van der Waals surface area contributed by atoms with Crippen LogP contribution in [0.3, 0.4) is 0 Å². The van der Waals surface area contributed by atoms with Crippen molar-refractivity contribution in [2.45, 2.75) is 38.6 Å². The van der Waals surface area contributed by atoms with Crippen LogP contribution in [0.15, 0.2) is 24.3 Å². The molecule has 1 aliphatic carbocycles. The van der Waals surface area contributed by atoms with E-state index in [1.54, 1.807) is 4.90 Å². The topological polar surface area (TPSA) is 75.4 Å². The average molecular weight is 315 g/mol. The van der Waals surface area contributed by atoms with Crippen LogP contribution < -0.4 is 11.1 Å². The fraction of sp³-hybridized carbons (Fsp3) is 0.556. The Kier molecular flexibility index (Phi) is 4.55. The lowest BCUT2D eigenvalue weighted by molar-refractivity contribution is -0.127. The van der Waals surface area contributed by atoms with Crippen LogP contribution in [0.5, 0.6) is 0 Å². The lowest BCUT2D eigenvalue weighted by atomic mass is 9.95. The fourth-order valence-electron chi connectivity index (χ4n) is 3.34. The van der Waals surface area contributed by atoms with Crippen molar-refractivity contribution in [1.82, 2.24) is 10.2 Å². The summed E-state index contributed by atoms with van der Waals surface area (Å²) in [6.45, 7) is 3.16. The molecule has 3 N–H and O–H groups in total. The molecule has 124 valence electrons. The van der Waals surface area contributed by atoms with Gasteiger partial charge in [0.25, 0.3) is 0 Å². The van der Waals surface area contributed by atoms with E-state index in [9.17, 15) is 9.59 Å². The van der Waals surface area contributed by atoms with Crippen LogP contribution in [0.25, 0.3) is 0 Å². The predicted molar refractivity (Wildman–Crippen MR) is 88.7 cm³/mol. The zero-order valence-electron chi connectivity index (χ0n) is 13.6. The predicted octanol–water partition coefficient (Wildman–Crippen LogP) is 2.35. The van der Waals surface area contributed by atoms with Gasteiger partial charge in [0.2, 0.25) is 5.91 Å². The van der Waals surface area contributed by atoms with Gasteiger partial charge in [0, 0.05) is 13.1 Å². The lowest BCUT2D eigenvalue weighted by Gasteiger charge is -2.32. The normalized spacial score (nSPS) is 22.5. The molecule has 0 bridgehead atoms. The summed E-state index contributed by atoms with van der Waals surface area (Å²) in [7, 11) is 0. The Hall–Kier alpha value is -2.04. The molecular formula is C18H25N3O2. The van der Waals surface area contributed by atoms with Gasteiger partial charge in [-0.05, 0) is 44.1 Å². The van der Waals surface area contributed by atoms with Gasteiger partial charge in [-0.25, -0.2) is 4.79 Å². The minimum absolute atomic E-state index is 0.0495. The molecule has 0 spiro atoms. The third-order valence-electron chi connectivity index (χ3n) is 4.93. The Morgan fingerprint density at radius 3 is 2.52 bits per heavy atom. The summed E-state index contributed by atoms with van der Waals surface area (Å²) >= 11 is 0. The molecule has 3 amide bonds. The molecule has 0 radical (unpaired) electrons. The number of likely N-dealkylation sites (tertiary alicyclic amines) is 1. The maximum atomic E-state index is 12.7. The summed E-state index contributed by atoms with van der Waals surface area (Å²) in [5.41, 5.74) is 7.75. The van der Waals surface area contributed by atoms with Crippen LogP contribution in [-0.4, -0.2) is 29.9 Å². The maximum absolute atomic E-state index is 12.7. The van der Waals surface area contributed by atoms with Gasteiger partial charge in [-0.1, -0.05) is 29.8 Å². The Balaban J connectivity index is 1.66. The van der Waals surface area contributed by atoms with E-state index in [1.165, 1.54) is 11.1 Å². The zero-order valence-corrected chi connectivity index (χ0v) is 13.6. The summed E-state index contributed by atoms with van der Waals surface area (Å²) in [6.07, 6.45) is 3.98. The molecule has 1 aromatic rings. The molecule has 1 aromatic carbocycles. The molecule has 5 heteroatoms. The van der Waals surface area contributed by atoms with Gasteiger partial charge in [-0.2, -0.15) is 0 Å². The largest absolute Gasteiger partial charge is 0.351 e. The Morgan fingerprint density at radius 1 is 1.22 bits per heavy atom. The summed E-state index contributed by atoms with van der Waals surface area (Å²) < 4.78 is 0. The SMILES string of the molecule is Cc1ccc([C@@H](NC(=O)[C@H]2CCCN(C(N)=O)C2)C2CC2)cc1. The van der Waals surface area contributed by atoms with E-state index in [2.05, 4.69) is 36.5 Å². The first-order chi connectivity index (χ1) is 11.0. The Morgan fingerprint density at radius 2 is 1.91 bits per heavy atom. The Labute approximate surface area is 137 Å². The summed E-state index contributed by atoms with van der Waals surface area (Å²) in [5, 5.41) is 3.23. The van der Waals surface area contributed by atoms with E-state index in [0.717, 1.165) is 25.7 Å². The van der Waals surface area contributed by atoms with Crippen molar-refractivity contribution >= 4 is 11.9 Å². The van der Waals surface area contributed by atoms with Gasteiger partial charge >= 0.3 is 6.03 Å². The van der Waals surface area contributed by atoms with E-state index >= 15 is 0 Å². The molecule has 3 rings (SSSR count). The third kappa shape index (κ3) is 3.84. The van der Waals surface area contributed by atoms with E-state index in [4.69, 9.17) is 5.73 Å². The number of nitrogens with zero attached hydrogens (tertiary/aromatic N) is 1. The van der Waals surface area contributed by atoms with Crippen molar-refractivity contribution in [3.63, 3.8) is 0 Å². The number of benzene rings is 1. The number of primary amides is 1. The molecule has 1 saturated carbocycles. The van der Waals surface area contributed by atoms with Crippen LogP contribution in [0.2, 0.25) is 0 Å². The van der Waals surface area contributed by atoms with Crippen molar-refractivity contribution in [3.05, 3.63) is 35.4 Å². The van der Waals surface area contributed by atoms with Crippen LogP contribution in [0, 0.1) is 18.8 Å². The smallest absolute Gasteiger partial charge is 0.314 e. The second-order valence-electron chi connectivity index (χ2n) is 6.86. The van der Waals surface area contributed by atoms with Crippen molar-refractivity contribution in [2.75, 3.05) is 13.1 Å². The zero-order chi connectivity index (χ0) is 16.4. The van der Waals surface area contributed by atoms with Gasteiger partial charge in [0.1, 0.15) is 0 Å². The number of nitrogens with one attached hydrogen (secondary N) is 1. The summed E-state index contributed by atoms with van der Waals surface area (Å²) in [5.74, 6) is 0.439. The fourth-order valence-corrected chi connectivity index (χ4v) is 3.34. The van der Waals surface area contributed by atoms with Gasteiger partial charge in [-0.3, -0.25) is 4.79 Å². The number of hydrogen-bond acceptors (Lipinski definition) is 2. The lowest BCUT2D eigenvalue weighted by Crippen LogP contribution is -2.48. The molecule has 5 nitrogen and oxygen atoms in total. The summed E-state index contributed by atoms with van der Waals surface area (Å²) in [4.78, 5) is 25.6. The molecule has 0 unspecified atom stereocenters. The highest BCUT2D eigenvalue weighted by atomic mass is 16.2. The number of nitrogens with two attached hydrogens (primary N) is 1. The number of carbonyl (C=O) groups excluding carboxylic acids is 2. The molecule has 1 aliphatic heterocycles. The third-order valence-corrected chi connectivity index (χ3v) is 4.93. The monoisotopic (exact) mass is 315 g/mol. The average Bonchev–Trinajstić information content (AvgIpc) is 3.38. The van der Waals surface area contributed by atoms with Crippen LogP contribution in [0.4, 0.5) is 4.79 Å². The summed E-state index contributed by atoms with van der Waals surface area (Å²) in [6, 6.07) is 8.05. The first-order valence-corrected chi connectivity index (χ1v) is 8.46. The highest BCUT2D eigenvalue weighted by Crippen LogP contribution is 2.41. The molecule has 2 atom stereocenters. The van der Waals surface area contributed by atoms with E-state index in [-0.39, 0.29) is 17.9 Å².